The predicted octanol–water partition coefficient (Wildman–Crippen LogP) is 1.35. The lowest BCUT2D eigenvalue weighted by atomic mass is 9.84. The Morgan fingerprint density at radius 3 is 2.12 bits per heavy atom. The first-order valence-corrected chi connectivity index (χ1v) is 8.47. The fourth-order valence-corrected chi connectivity index (χ4v) is 2.88. The maximum Gasteiger partial charge on any atom is 0.235 e. The molecule has 0 atom stereocenters. The minimum absolute atomic E-state index is 0.0210. The number of amides is 1. The molecule has 0 saturated heterocycles. The van der Waals surface area contributed by atoms with Crippen LogP contribution < -0.4 is 5.32 Å². The van der Waals surface area contributed by atoms with Crippen molar-refractivity contribution in [1.29, 1.82) is 0 Å². The van der Waals surface area contributed by atoms with E-state index in [-0.39, 0.29) is 5.41 Å². The molecule has 0 fully saturated rings. The third-order valence-electron chi connectivity index (χ3n) is 2.84. The highest BCUT2D eigenvalue weighted by atomic mass is 79.9. The summed E-state index contributed by atoms with van der Waals surface area (Å²) in [5.74, 6) is -0.853. The summed E-state index contributed by atoms with van der Waals surface area (Å²) in [6, 6.07) is 0. The zero-order valence-electron chi connectivity index (χ0n) is 10.0. The Morgan fingerprint density at radius 2 is 1.81 bits per heavy atom. The summed E-state index contributed by atoms with van der Waals surface area (Å²) in [6.45, 7) is 4.64. The highest BCUT2D eigenvalue weighted by Gasteiger charge is 2.25. The van der Waals surface area contributed by atoms with Crippen molar-refractivity contribution < 1.29 is 13.2 Å². The standard InChI is InChI=1S/C10H20BrNO3S/c1-4-10(5-2,7-11)8-12-9(13)6-16(3,14)15/h4-8H2,1-3H3,(H,12,13). The molecule has 1 N–H and O–H groups in total. The lowest BCUT2D eigenvalue weighted by molar-refractivity contribution is -0.119. The van der Waals surface area contributed by atoms with Crippen molar-refractivity contribution in [2.75, 3.05) is 23.9 Å². The van der Waals surface area contributed by atoms with Crippen molar-refractivity contribution in [3.8, 4) is 0 Å². The molecule has 0 aliphatic heterocycles. The Hall–Kier alpha value is -0.100. The minimum Gasteiger partial charge on any atom is -0.355 e. The van der Waals surface area contributed by atoms with Gasteiger partial charge in [-0.3, -0.25) is 4.79 Å². The highest BCUT2D eigenvalue weighted by Crippen LogP contribution is 2.27. The monoisotopic (exact) mass is 313 g/mol. The van der Waals surface area contributed by atoms with Gasteiger partial charge in [-0.05, 0) is 18.3 Å². The fraction of sp³-hybridized carbons (Fsp3) is 0.900. The first-order valence-electron chi connectivity index (χ1n) is 5.29. The maximum absolute atomic E-state index is 11.3. The van der Waals surface area contributed by atoms with Gasteiger partial charge in [0.05, 0.1) is 0 Å². The molecule has 0 spiro atoms. The van der Waals surface area contributed by atoms with Crippen molar-refractivity contribution >= 4 is 31.7 Å². The summed E-state index contributed by atoms with van der Waals surface area (Å²) in [4.78, 5) is 11.3. The quantitative estimate of drug-likeness (QED) is 0.722. The minimum atomic E-state index is -3.23. The maximum atomic E-state index is 11.3. The normalized spacial score (nSPS) is 12.5. The number of rotatable bonds is 7. The molecule has 96 valence electrons. The van der Waals surface area contributed by atoms with Gasteiger partial charge in [-0.2, -0.15) is 0 Å². The third-order valence-corrected chi connectivity index (χ3v) is 4.81. The smallest absolute Gasteiger partial charge is 0.235 e. The second-order valence-electron chi connectivity index (χ2n) is 4.19. The van der Waals surface area contributed by atoms with Gasteiger partial charge in [0.15, 0.2) is 9.84 Å². The number of hydrogen-bond donors (Lipinski definition) is 1. The van der Waals surface area contributed by atoms with Crippen LogP contribution in [-0.2, 0) is 14.6 Å². The van der Waals surface area contributed by atoms with E-state index >= 15 is 0 Å². The molecule has 0 aliphatic rings. The molecule has 6 heteroatoms. The van der Waals surface area contributed by atoms with Gasteiger partial charge >= 0.3 is 0 Å². The summed E-state index contributed by atoms with van der Waals surface area (Å²) < 4.78 is 21.8. The van der Waals surface area contributed by atoms with Gasteiger partial charge in [-0.1, -0.05) is 29.8 Å². The first-order chi connectivity index (χ1) is 7.28. The second-order valence-corrected chi connectivity index (χ2v) is 6.89. The summed E-state index contributed by atoms with van der Waals surface area (Å²) >= 11 is 3.44. The van der Waals surface area contributed by atoms with Crippen LogP contribution in [0.4, 0.5) is 0 Å². The average molecular weight is 314 g/mol. The van der Waals surface area contributed by atoms with Gasteiger partial charge in [-0.15, -0.1) is 0 Å². The van der Waals surface area contributed by atoms with Crippen LogP contribution >= 0.6 is 15.9 Å². The Labute approximate surface area is 106 Å². The fourth-order valence-electron chi connectivity index (χ4n) is 1.31. The van der Waals surface area contributed by atoms with Crippen LogP contribution in [0.3, 0.4) is 0 Å². The SMILES string of the molecule is CCC(CC)(CBr)CNC(=O)CS(C)(=O)=O. The van der Waals surface area contributed by atoms with E-state index in [1.54, 1.807) is 0 Å². The van der Waals surface area contributed by atoms with E-state index < -0.39 is 21.5 Å². The molecular weight excluding hydrogens is 294 g/mol. The predicted molar refractivity (Wildman–Crippen MR) is 69.5 cm³/mol. The molecular formula is C10H20BrNO3S. The van der Waals surface area contributed by atoms with Crippen LogP contribution in [0.5, 0.6) is 0 Å². The molecule has 1 amide bonds. The van der Waals surface area contributed by atoms with Crippen LogP contribution in [0.2, 0.25) is 0 Å². The van der Waals surface area contributed by atoms with E-state index in [2.05, 4.69) is 35.1 Å². The van der Waals surface area contributed by atoms with Gasteiger partial charge in [0, 0.05) is 18.1 Å². The zero-order chi connectivity index (χ0) is 12.8. The number of carbonyl (C=O) groups is 1. The Morgan fingerprint density at radius 1 is 1.31 bits per heavy atom. The molecule has 0 saturated carbocycles. The van der Waals surface area contributed by atoms with Gasteiger partial charge in [0.1, 0.15) is 5.75 Å². The van der Waals surface area contributed by atoms with Crippen LogP contribution in [0.15, 0.2) is 0 Å². The lowest BCUT2D eigenvalue weighted by Crippen LogP contribution is -2.40. The zero-order valence-corrected chi connectivity index (χ0v) is 12.4. The van der Waals surface area contributed by atoms with Crippen molar-refractivity contribution in [2.45, 2.75) is 26.7 Å². The largest absolute Gasteiger partial charge is 0.355 e. The summed E-state index contributed by atoms with van der Waals surface area (Å²) in [5.41, 5.74) is 0.0210. The Balaban J connectivity index is 4.27. The number of nitrogens with one attached hydrogen (secondary N) is 1. The molecule has 0 bridgehead atoms. The van der Waals surface area contributed by atoms with Crippen molar-refractivity contribution in [2.24, 2.45) is 5.41 Å². The van der Waals surface area contributed by atoms with E-state index in [1.165, 1.54) is 0 Å². The molecule has 0 radical (unpaired) electrons. The Kier molecular flexibility index (Phi) is 6.55. The number of carbonyl (C=O) groups excluding carboxylic acids is 1. The molecule has 4 nitrogen and oxygen atoms in total. The van der Waals surface area contributed by atoms with E-state index in [1.807, 2.05) is 0 Å². The average Bonchev–Trinajstić information content (AvgIpc) is 2.18. The van der Waals surface area contributed by atoms with Gasteiger partial charge < -0.3 is 5.32 Å². The summed E-state index contributed by atoms with van der Waals surface area (Å²) in [6.07, 6.45) is 2.94. The van der Waals surface area contributed by atoms with Crippen LogP contribution in [0.25, 0.3) is 0 Å². The molecule has 0 aliphatic carbocycles. The Bertz CT molecular complexity index is 315. The second kappa shape index (κ2) is 6.59. The molecule has 16 heavy (non-hydrogen) atoms. The van der Waals surface area contributed by atoms with Crippen molar-refractivity contribution in [3.05, 3.63) is 0 Å². The van der Waals surface area contributed by atoms with Gasteiger partial charge in [0.2, 0.25) is 5.91 Å². The van der Waals surface area contributed by atoms with Crippen LogP contribution in [0, 0.1) is 5.41 Å². The van der Waals surface area contributed by atoms with E-state index in [0.29, 0.717) is 6.54 Å². The number of alkyl halides is 1. The highest BCUT2D eigenvalue weighted by molar-refractivity contribution is 9.09. The molecule has 0 rings (SSSR count). The van der Waals surface area contributed by atoms with Crippen LogP contribution in [0.1, 0.15) is 26.7 Å². The number of halogens is 1. The molecule has 0 aromatic rings. The summed E-state index contributed by atoms with van der Waals surface area (Å²) in [5, 5.41) is 3.48. The topological polar surface area (TPSA) is 63.2 Å². The van der Waals surface area contributed by atoms with Crippen molar-refractivity contribution in [1.82, 2.24) is 5.32 Å². The molecule has 0 aromatic heterocycles. The van der Waals surface area contributed by atoms with Gasteiger partial charge in [-0.25, -0.2) is 8.42 Å². The molecule has 0 unspecified atom stereocenters. The number of sulfone groups is 1. The molecule has 0 aromatic carbocycles. The third kappa shape index (κ3) is 5.84. The molecule has 0 heterocycles. The summed E-state index contributed by atoms with van der Waals surface area (Å²) in [7, 11) is -3.23. The van der Waals surface area contributed by atoms with Crippen LogP contribution in [-0.4, -0.2) is 38.2 Å². The van der Waals surface area contributed by atoms with E-state index in [0.717, 1.165) is 24.4 Å². The number of hydrogen-bond acceptors (Lipinski definition) is 3. The van der Waals surface area contributed by atoms with E-state index in [9.17, 15) is 13.2 Å². The first kappa shape index (κ1) is 15.9. The van der Waals surface area contributed by atoms with Gasteiger partial charge in [0.25, 0.3) is 0 Å². The lowest BCUT2D eigenvalue weighted by Gasteiger charge is -2.29. The van der Waals surface area contributed by atoms with Crippen molar-refractivity contribution in [3.63, 3.8) is 0 Å². The van der Waals surface area contributed by atoms with E-state index in [4.69, 9.17) is 0 Å².